The number of nitrogens with two attached hydrogens (primary N) is 1. The zero-order valence-electron chi connectivity index (χ0n) is 11.4. The summed E-state index contributed by atoms with van der Waals surface area (Å²) in [6.07, 6.45) is -0.379. The Hall–Kier alpha value is -1.58. The minimum Gasteiger partial charge on any atom is -0.483 e. The van der Waals surface area contributed by atoms with Gasteiger partial charge in [-0.2, -0.15) is 0 Å². The van der Waals surface area contributed by atoms with Gasteiger partial charge in [-0.05, 0) is 49.2 Å². The third kappa shape index (κ3) is 3.50. The molecule has 0 fully saturated rings. The van der Waals surface area contributed by atoms with Crippen molar-refractivity contribution in [3.63, 3.8) is 0 Å². The molecule has 0 aliphatic carbocycles. The molecule has 0 aliphatic heterocycles. The molecule has 2 rings (SSSR count). The highest BCUT2D eigenvalue weighted by atomic mass is 35.5. The Morgan fingerprint density at radius 2 is 1.80 bits per heavy atom. The van der Waals surface area contributed by atoms with Gasteiger partial charge in [-0.1, -0.05) is 29.8 Å². The molecule has 2 unspecified atom stereocenters. The Morgan fingerprint density at radius 3 is 2.35 bits per heavy atom. The molecule has 0 heterocycles. The van der Waals surface area contributed by atoms with Crippen molar-refractivity contribution in [3.8, 4) is 5.75 Å². The third-order valence-electron chi connectivity index (χ3n) is 3.02. The molecule has 0 saturated carbocycles. The summed E-state index contributed by atoms with van der Waals surface area (Å²) in [7, 11) is 0. The van der Waals surface area contributed by atoms with E-state index in [1.807, 2.05) is 32.0 Å². The summed E-state index contributed by atoms with van der Waals surface area (Å²) in [4.78, 5) is 0. The molecule has 2 aromatic carbocycles. The van der Waals surface area contributed by atoms with E-state index >= 15 is 0 Å². The van der Waals surface area contributed by atoms with Gasteiger partial charge < -0.3 is 10.5 Å². The molecule has 0 radical (unpaired) electrons. The number of hydrogen-bond donors (Lipinski definition) is 1. The minimum atomic E-state index is -0.379. The maximum Gasteiger partial charge on any atom is 0.139 e. The molecule has 2 N–H and O–H groups in total. The van der Waals surface area contributed by atoms with Crippen molar-refractivity contribution < 1.29 is 9.13 Å². The van der Waals surface area contributed by atoms with Gasteiger partial charge >= 0.3 is 0 Å². The number of rotatable bonds is 4. The lowest BCUT2D eigenvalue weighted by molar-refractivity contribution is 0.180. The van der Waals surface area contributed by atoms with Crippen LogP contribution in [-0.2, 0) is 0 Å². The fraction of sp³-hybridized carbons (Fsp3) is 0.250. The van der Waals surface area contributed by atoms with E-state index in [9.17, 15) is 4.39 Å². The van der Waals surface area contributed by atoms with Gasteiger partial charge in [0.2, 0.25) is 0 Å². The van der Waals surface area contributed by atoms with Crippen molar-refractivity contribution in [1.29, 1.82) is 0 Å². The van der Waals surface area contributed by atoms with Crippen molar-refractivity contribution in [3.05, 3.63) is 64.4 Å². The van der Waals surface area contributed by atoms with E-state index in [2.05, 4.69) is 0 Å². The third-order valence-corrected chi connectivity index (χ3v) is 3.31. The molecule has 0 bridgehead atoms. The normalized spacial score (nSPS) is 13.8. The second-order valence-corrected chi connectivity index (χ2v) is 5.29. The average Bonchev–Trinajstić information content (AvgIpc) is 2.39. The topological polar surface area (TPSA) is 35.2 Å². The van der Waals surface area contributed by atoms with Gasteiger partial charge in [0.1, 0.15) is 17.7 Å². The lowest BCUT2D eigenvalue weighted by Gasteiger charge is -2.23. The van der Waals surface area contributed by atoms with Gasteiger partial charge in [-0.3, -0.25) is 0 Å². The maximum absolute atomic E-state index is 13.0. The van der Waals surface area contributed by atoms with Crippen LogP contribution in [0.4, 0.5) is 4.39 Å². The van der Waals surface area contributed by atoms with Crippen LogP contribution in [0.2, 0.25) is 5.02 Å². The molecular formula is C16H17ClFNO. The highest BCUT2D eigenvalue weighted by Crippen LogP contribution is 2.31. The second-order valence-electron chi connectivity index (χ2n) is 4.88. The minimum absolute atomic E-state index is 0.252. The Labute approximate surface area is 123 Å². The zero-order valence-corrected chi connectivity index (χ0v) is 12.2. The van der Waals surface area contributed by atoms with Crippen LogP contribution in [0.5, 0.6) is 5.75 Å². The van der Waals surface area contributed by atoms with Crippen molar-refractivity contribution in [2.24, 2.45) is 5.73 Å². The molecule has 0 saturated heterocycles. The predicted octanol–water partition coefficient (Wildman–Crippen LogP) is 4.25. The van der Waals surface area contributed by atoms with Gasteiger partial charge in [-0.15, -0.1) is 0 Å². The second kappa shape index (κ2) is 6.25. The van der Waals surface area contributed by atoms with Crippen molar-refractivity contribution >= 4 is 11.6 Å². The van der Waals surface area contributed by atoms with E-state index in [1.54, 1.807) is 12.1 Å². The molecule has 0 spiro atoms. The summed E-state index contributed by atoms with van der Waals surface area (Å²) in [6.45, 7) is 3.80. The monoisotopic (exact) mass is 293 g/mol. The molecule has 0 amide bonds. The number of halogens is 2. The van der Waals surface area contributed by atoms with Crippen molar-refractivity contribution in [2.75, 3.05) is 0 Å². The van der Waals surface area contributed by atoms with Gasteiger partial charge in [0, 0.05) is 6.04 Å². The van der Waals surface area contributed by atoms with E-state index in [-0.39, 0.29) is 18.0 Å². The van der Waals surface area contributed by atoms with E-state index in [0.717, 1.165) is 11.1 Å². The molecule has 20 heavy (non-hydrogen) atoms. The zero-order chi connectivity index (χ0) is 14.7. The van der Waals surface area contributed by atoms with Crippen LogP contribution in [0.3, 0.4) is 0 Å². The van der Waals surface area contributed by atoms with Crippen molar-refractivity contribution in [2.45, 2.75) is 26.0 Å². The van der Waals surface area contributed by atoms with Crippen LogP contribution in [0.15, 0.2) is 42.5 Å². The molecule has 0 aromatic heterocycles. The van der Waals surface area contributed by atoms with E-state index in [0.29, 0.717) is 10.8 Å². The van der Waals surface area contributed by atoms with Crippen LogP contribution in [-0.4, -0.2) is 6.04 Å². The van der Waals surface area contributed by atoms with Gasteiger partial charge in [0.25, 0.3) is 0 Å². The molecule has 2 nitrogen and oxygen atoms in total. The lowest BCUT2D eigenvalue weighted by atomic mass is 10.0. The largest absolute Gasteiger partial charge is 0.483 e. The number of aryl methyl sites for hydroxylation is 1. The Morgan fingerprint density at radius 1 is 1.15 bits per heavy atom. The fourth-order valence-corrected chi connectivity index (χ4v) is 2.25. The van der Waals surface area contributed by atoms with Crippen LogP contribution < -0.4 is 10.5 Å². The quantitative estimate of drug-likeness (QED) is 0.914. The van der Waals surface area contributed by atoms with E-state index in [1.165, 1.54) is 12.1 Å². The Balaban J connectivity index is 2.28. The summed E-state index contributed by atoms with van der Waals surface area (Å²) < 4.78 is 18.9. The van der Waals surface area contributed by atoms with Gasteiger partial charge in [0.05, 0.1) is 5.02 Å². The lowest BCUT2D eigenvalue weighted by Crippen LogP contribution is -2.29. The molecule has 106 valence electrons. The first-order valence-electron chi connectivity index (χ1n) is 6.41. The molecule has 0 aliphatic rings. The summed E-state index contributed by atoms with van der Waals surface area (Å²) in [5, 5.41) is 0.540. The first-order valence-corrected chi connectivity index (χ1v) is 6.79. The summed E-state index contributed by atoms with van der Waals surface area (Å²) in [5.41, 5.74) is 7.85. The first-order chi connectivity index (χ1) is 9.47. The molecule has 4 heteroatoms. The van der Waals surface area contributed by atoms with Gasteiger partial charge in [-0.25, -0.2) is 4.39 Å². The standard InChI is InChI=1S/C16H17ClFNO/c1-10-3-8-15(14(17)9-10)20-16(11(2)19)12-4-6-13(18)7-5-12/h3-9,11,16H,19H2,1-2H3. The summed E-state index contributed by atoms with van der Waals surface area (Å²) in [6, 6.07) is 11.4. The number of benzene rings is 2. The molecule has 2 aromatic rings. The number of hydrogen-bond acceptors (Lipinski definition) is 2. The first kappa shape index (κ1) is 14.8. The predicted molar refractivity (Wildman–Crippen MR) is 79.6 cm³/mol. The summed E-state index contributed by atoms with van der Waals surface area (Å²) in [5.74, 6) is 0.287. The fourth-order valence-electron chi connectivity index (χ4n) is 1.97. The molecule has 2 atom stereocenters. The molecular weight excluding hydrogens is 277 g/mol. The van der Waals surface area contributed by atoms with Crippen LogP contribution in [0, 0.1) is 12.7 Å². The Kier molecular flexibility index (Phi) is 4.63. The number of ether oxygens (including phenoxy) is 1. The van der Waals surface area contributed by atoms with Crippen LogP contribution >= 0.6 is 11.6 Å². The van der Waals surface area contributed by atoms with Crippen LogP contribution in [0.1, 0.15) is 24.2 Å². The van der Waals surface area contributed by atoms with E-state index in [4.69, 9.17) is 22.1 Å². The Bertz CT molecular complexity index is 584. The highest BCUT2D eigenvalue weighted by Gasteiger charge is 2.19. The van der Waals surface area contributed by atoms with Crippen molar-refractivity contribution in [1.82, 2.24) is 0 Å². The summed E-state index contributed by atoms with van der Waals surface area (Å²) >= 11 is 6.17. The van der Waals surface area contributed by atoms with Crippen LogP contribution in [0.25, 0.3) is 0 Å². The van der Waals surface area contributed by atoms with E-state index < -0.39 is 0 Å². The van der Waals surface area contributed by atoms with Gasteiger partial charge in [0.15, 0.2) is 0 Å². The SMILES string of the molecule is Cc1ccc(OC(c2ccc(F)cc2)C(C)N)c(Cl)c1. The smallest absolute Gasteiger partial charge is 0.139 e. The maximum atomic E-state index is 13.0. The average molecular weight is 294 g/mol. The highest BCUT2D eigenvalue weighted by molar-refractivity contribution is 6.32.